The summed E-state index contributed by atoms with van der Waals surface area (Å²) in [6.45, 7) is 5.83. The maximum absolute atomic E-state index is 12.2. The topological polar surface area (TPSA) is 59.4 Å². The molecule has 1 amide bonds. The average Bonchev–Trinajstić information content (AvgIpc) is 2.91. The van der Waals surface area contributed by atoms with Crippen LogP contribution < -0.4 is 5.32 Å². The van der Waals surface area contributed by atoms with Crippen molar-refractivity contribution in [2.24, 2.45) is 7.05 Å². The third-order valence-corrected chi connectivity index (χ3v) is 4.42. The van der Waals surface area contributed by atoms with Crippen LogP contribution in [-0.2, 0) is 23.0 Å². The van der Waals surface area contributed by atoms with Gasteiger partial charge in [-0.15, -0.1) is 0 Å². The number of carbonyl (C=O) groups excluding carboxylic acids is 1. The third kappa shape index (κ3) is 3.54. The average molecular weight is 316 g/mol. The van der Waals surface area contributed by atoms with Crippen LogP contribution in [0.3, 0.4) is 0 Å². The number of nitrogens with one attached hydrogen (secondary N) is 1. The van der Waals surface area contributed by atoms with Crippen molar-refractivity contribution in [1.82, 2.24) is 19.8 Å². The number of carbonyl (C=O) groups is 1. The molecule has 1 atom stereocenters. The Bertz CT molecular complexity index is 682. The number of aryl methyl sites for hydroxylation is 1. The predicted octanol–water partition coefficient (Wildman–Crippen LogP) is 0.953. The Kier molecular flexibility index (Phi) is 4.93. The summed E-state index contributed by atoms with van der Waals surface area (Å²) in [6.07, 6.45) is 0.352. The molecular formula is C17H24N4O2. The lowest BCUT2D eigenvalue weighted by atomic mass is 10.2. The summed E-state index contributed by atoms with van der Waals surface area (Å²) in [4.78, 5) is 19.1. The van der Waals surface area contributed by atoms with E-state index in [1.54, 1.807) is 0 Å². The summed E-state index contributed by atoms with van der Waals surface area (Å²) in [7, 11) is 2.01. The highest BCUT2D eigenvalue weighted by Crippen LogP contribution is 2.14. The van der Waals surface area contributed by atoms with Crippen LogP contribution in [0, 0.1) is 0 Å². The van der Waals surface area contributed by atoms with Gasteiger partial charge in [0.05, 0.1) is 17.6 Å². The van der Waals surface area contributed by atoms with Gasteiger partial charge in [0.15, 0.2) is 0 Å². The first-order chi connectivity index (χ1) is 11.2. The Morgan fingerprint density at radius 2 is 2.26 bits per heavy atom. The van der Waals surface area contributed by atoms with Crippen molar-refractivity contribution in [3.05, 3.63) is 30.1 Å². The first-order valence-electron chi connectivity index (χ1n) is 8.21. The summed E-state index contributed by atoms with van der Waals surface area (Å²) >= 11 is 0. The van der Waals surface area contributed by atoms with Gasteiger partial charge < -0.3 is 14.6 Å². The van der Waals surface area contributed by atoms with Crippen LogP contribution in [0.2, 0.25) is 0 Å². The van der Waals surface area contributed by atoms with E-state index in [2.05, 4.69) is 32.8 Å². The van der Waals surface area contributed by atoms with E-state index < -0.39 is 0 Å². The van der Waals surface area contributed by atoms with E-state index in [1.165, 1.54) is 0 Å². The number of aromatic nitrogens is 2. The number of likely N-dealkylation sites (N-methyl/N-ethyl adjacent to an activating group) is 1. The van der Waals surface area contributed by atoms with Crippen LogP contribution in [0.5, 0.6) is 0 Å². The van der Waals surface area contributed by atoms with Crippen LogP contribution in [-0.4, -0.2) is 59.2 Å². The first kappa shape index (κ1) is 16.0. The van der Waals surface area contributed by atoms with Crippen molar-refractivity contribution in [1.29, 1.82) is 0 Å². The van der Waals surface area contributed by atoms with Crippen molar-refractivity contribution < 1.29 is 9.53 Å². The quantitative estimate of drug-likeness (QED) is 0.892. The van der Waals surface area contributed by atoms with Crippen molar-refractivity contribution in [2.45, 2.75) is 19.4 Å². The van der Waals surface area contributed by atoms with Crippen molar-refractivity contribution >= 4 is 16.9 Å². The largest absolute Gasteiger partial charge is 0.366 e. The van der Waals surface area contributed by atoms with Crippen molar-refractivity contribution in [2.75, 3.05) is 32.8 Å². The predicted molar refractivity (Wildman–Crippen MR) is 89.3 cm³/mol. The number of para-hydroxylation sites is 2. The van der Waals surface area contributed by atoms with Crippen LogP contribution in [0.1, 0.15) is 12.7 Å². The standard InChI is InChI=1S/C17H24N4O2/c1-3-21-10-11-23-15(12-21)17(22)18-9-8-16-19-13-6-4-5-7-14(13)20(16)2/h4-7,15H,3,8-12H2,1-2H3,(H,18,22). The van der Waals surface area contributed by atoms with Crippen LogP contribution >= 0.6 is 0 Å². The minimum absolute atomic E-state index is 0.0260. The molecule has 1 aliphatic rings. The highest BCUT2D eigenvalue weighted by molar-refractivity contribution is 5.81. The molecule has 1 unspecified atom stereocenters. The summed E-state index contributed by atoms with van der Waals surface area (Å²) in [5.74, 6) is 0.952. The molecule has 0 spiro atoms. The lowest BCUT2D eigenvalue weighted by molar-refractivity contribution is -0.138. The fourth-order valence-electron chi connectivity index (χ4n) is 2.98. The van der Waals surface area contributed by atoms with Gasteiger partial charge >= 0.3 is 0 Å². The van der Waals surface area contributed by atoms with Crippen LogP contribution in [0.25, 0.3) is 11.0 Å². The van der Waals surface area contributed by atoms with Crippen LogP contribution in [0.4, 0.5) is 0 Å². The second kappa shape index (κ2) is 7.10. The molecule has 23 heavy (non-hydrogen) atoms. The number of rotatable bonds is 5. The molecule has 1 aliphatic heterocycles. The lowest BCUT2D eigenvalue weighted by Crippen LogP contribution is -2.50. The summed E-state index contributed by atoms with van der Waals surface area (Å²) in [5.41, 5.74) is 2.11. The number of hydrogen-bond donors (Lipinski definition) is 1. The highest BCUT2D eigenvalue weighted by atomic mass is 16.5. The fraction of sp³-hybridized carbons (Fsp3) is 0.529. The van der Waals surface area contributed by atoms with Gasteiger partial charge in [-0.2, -0.15) is 0 Å². The number of nitrogens with zero attached hydrogens (tertiary/aromatic N) is 3. The molecule has 2 aromatic rings. The Morgan fingerprint density at radius 3 is 3.04 bits per heavy atom. The van der Waals surface area contributed by atoms with E-state index in [1.807, 2.05) is 25.2 Å². The molecule has 1 saturated heterocycles. The van der Waals surface area contributed by atoms with Gasteiger partial charge in [-0.3, -0.25) is 9.69 Å². The number of benzene rings is 1. The molecule has 1 fully saturated rings. The number of fused-ring (bicyclic) bond motifs is 1. The van der Waals surface area contributed by atoms with E-state index >= 15 is 0 Å². The Balaban J connectivity index is 1.54. The number of hydrogen-bond acceptors (Lipinski definition) is 4. The molecule has 0 aliphatic carbocycles. The molecule has 1 aromatic carbocycles. The molecular weight excluding hydrogens is 292 g/mol. The number of amides is 1. The van der Waals surface area contributed by atoms with Gasteiger partial charge in [0, 0.05) is 33.1 Å². The zero-order valence-electron chi connectivity index (χ0n) is 13.8. The zero-order chi connectivity index (χ0) is 16.2. The highest BCUT2D eigenvalue weighted by Gasteiger charge is 2.25. The van der Waals surface area contributed by atoms with Gasteiger partial charge in [0.25, 0.3) is 0 Å². The molecule has 0 saturated carbocycles. The van der Waals surface area contributed by atoms with E-state index in [9.17, 15) is 4.79 Å². The molecule has 0 bridgehead atoms. The van der Waals surface area contributed by atoms with E-state index in [4.69, 9.17) is 4.74 Å². The van der Waals surface area contributed by atoms with Crippen molar-refractivity contribution in [3.8, 4) is 0 Å². The summed E-state index contributed by atoms with van der Waals surface area (Å²) in [6, 6.07) is 8.06. The fourth-order valence-corrected chi connectivity index (χ4v) is 2.98. The minimum atomic E-state index is -0.357. The van der Waals surface area contributed by atoms with Crippen LogP contribution in [0.15, 0.2) is 24.3 Å². The van der Waals surface area contributed by atoms with E-state index in [0.29, 0.717) is 26.1 Å². The van der Waals surface area contributed by atoms with Gasteiger partial charge in [-0.05, 0) is 18.7 Å². The minimum Gasteiger partial charge on any atom is -0.366 e. The lowest BCUT2D eigenvalue weighted by Gasteiger charge is -2.31. The van der Waals surface area contributed by atoms with E-state index in [-0.39, 0.29) is 12.0 Å². The normalized spacial score (nSPS) is 19.1. The molecule has 0 radical (unpaired) electrons. The smallest absolute Gasteiger partial charge is 0.250 e. The molecule has 1 aromatic heterocycles. The van der Waals surface area contributed by atoms with Gasteiger partial charge in [-0.25, -0.2) is 4.98 Å². The van der Waals surface area contributed by atoms with Crippen molar-refractivity contribution in [3.63, 3.8) is 0 Å². The molecule has 6 nitrogen and oxygen atoms in total. The second-order valence-electron chi connectivity index (χ2n) is 5.87. The Morgan fingerprint density at radius 1 is 1.43 bits per heavy atom. The SMILES string of the molecule is CCN1CCOC(C(=O)NCCc2nc3ccccc3n2C)C1. The molecule has 6 heteroatoms. The maximum atomic E-state index is 12.2. The molecule has 1 N–H and O–H groups in total. The second-order valence-corrected chi connectivity index (χ2v) is 5.87. The first-order valence-corrected chi connectivity index (χ1v) is 8.21. The number of ether oxygens (including phenoxy) is 1. The summed E-state index contributed by atoms with van der Waals surface area (Å²) < 4.78 is 7.65. The Labute approximate surface area is 136 Å². The molecule has 3 rings (SSSR count). The van der Waals surface area contributed by atoms with Gasteiger partial charge in [-0.1, -0.05) is 19.1 Å². The Hall–Kier alpha value is -1.92. The van der Waals surface area contributed by atoms with E-state index in [0.717, 1.165) is 29.9 Å². The van der Waals surface area contributed by atoms with Gasteiger partial charge in [0.1, 0.15) is 11.9 Å². The summed E-state index contributed by atoms with van der Waals surface area (Å²) in [5, 5.41) is 2.97. The number of imidazole rings is 1. The third-order valence-electron chi connectivity index (χ3n) is 4.42. The van der Waals surface area contributed by atoms with Gasteiger partial charge in [0.2, 0.25) is 5.91 Å². The molecule has 2 heterocycles. The zero-order valence-corrected chi connectivity index (χ0v) is 13.8. The number of morpholine rings is 1. The maximum Gasteiger partial charge on any atom is 0.250 e. The monoisotopic (exact) mass is 316 g/mol. The molecule has 124 valence electrons.